The Morgan fingerprint density at radius 1 is 1.35 bits per heavy atom. The van der Waals surface area contributed by atoms with Crippen LogP contribution in [0.25, 0.3) is 0 Å². The lowest BCUT2D eigenvalue weighted by atomic mass is 10.3. The first kappa shape index (κ1) is 17.9. The van der Waals surface area contributed by atoms with Crippen molar-refractivity contribution >= 4 is 17.8 Å². The maximum Gasteiger partial charge on any atom is 0.309 e. The summed E-state index contributed by atoms with van der Waals surface area (Å²) >= 11 is 0. The molecule has 0 saturated heterocycles. The molecule has 0 saturated carbocycles. The van der Waals surface area contributed by atoms with Gasteiger partial charge in [-0.25, -0.2) is 0 Å². The second-order valence-corrected chi connectivity index (χ2v) is 5.17. The summed E-state index contributed by atoms with van der Waals surface area (Å²) in [5.74, 6) is 0.695. The number of likely N-dealkylation sites (N-methyl/N-ethyl adjacent to an activating group) is 1. The fourth-order valence-corrected chi connectivity index (χ4v) is 1.51. The number of carboxylic acid groups (broad SMARTS) is 1. The number of amides is 2. The molecule has 0 rings (SSSR count). The van der Waals surface area contributed by atoms with Gasteiger partial charge in [0.1, 0.15) is 6.04 Å². The minimum absolute atomic E-state index is 0.0154. The second-order valence-electron chi connectivity index (χ2n) is 5.17. The summed E-state index contributed by atoms with van der Waals surface area (Å²) < 4.78 is 0.233. The first-order valence-electron chi connectivity index (χ1n) is 6.22. The number of hydrogen-bond donors (Lipinski definition) is 3. The Labute approximate surface area is 118 Å². The van der Waals surface area contributed by atoms with E-state index in [2.05, 4.69) is 16.6 Å². The van der Waals surface area contributed by atoms with Crippen LogP contribution in [-0.2, 0) is 14.4 Å². The average molecular weight is 284 g/mol. The van der Waals surface area contributed by atoms with Gasteiger partial charge in [-0.3, -0.25) is 14.4 Å². The maximum atomic E-state index is 11.8. The Morgan fingerprint density at radius 2 is 1.95 bits per heavy atom. The van der Waals surface area contributed by atoms with E-state index in [1.807, 2.05) is 0 Å². The number of quaternary nitrogens is 1. The number of carbonyl (C=O) groups excluding carboxylic acids is 2. The van der Waals surface area contributed by atoms with Crippen molar-refractivity contribution in [3.8, 4) is 12.3 Å². The van der Waals surface area contributed by atoms with Gasteiger partial charge in [0, 0.05) is 0 Å². The second kappa shape index (κ2) is 8.17. The Kier molecular flexibility index (Phi) is 7.33. The molecule has 0 spiro atoms. The SMILES string of the molecule is C#CCNC(=O)[C@H](C)NC(=O)C[N+](C)(C)CCC(=O)O. The van der Waals surface area contributed by atoms with Gasteiger partial charge in [-0.15, -0.1) is 6.42 Å². The Bertz CT molecular complexity index is 412. The van der Waals surface area contributed by atoms with E-state index in [4.69, 9.17) is 11.5 Å². The fourth-order valence-electron chi connectivity index (χ4n) is 1.51. The summed E-state index contributed by atoms with van der Waals surface area (Å²) in [5.41, 5.74) is 0. The monoisotopic (exact) mass is 284 g/mol. The highest BCUT2D eigenvalue weighted by Crippen LogP contribution is 1.99. The van der Waals surface area contributed by atoms with Crippen molar-refractivity contribution in [3.05, 3.63) is 0 Å². The summed E-state index contributed by atoms with van der Waals surface area (Å²) in [7, 11) is 3.51. The van der Waals surface area contributed by atoms with Gasteiger partial charge in [0.05, 0.1) is 33.6 Å². The molecule has 112 valence electrons. The third kappa shape index (κ3) is 8.11. The largest absolute Gasteiger partial charge is 0.481 e. The van der Waals surface area contributed by atoms with Gasteiger partial charge in [0.15, 0.2) is 6.54 Å². The number of carbonyl (C=O) groups is 3. The lowest BCUT2D eigenvalue weighted by molar-refractivity contribution is -0.881. The predicted molar refractivity (Wildman–Crippen MR) is 73.5 cm³/mol. The topological polar surface area (TPSA) is 95.5 Å². The highest BCUT2D eigenvalue weighted by Gasteiger charge is 2.23. The zero-order valence-electron chi connectivity index (χ0n) is 12.1. The van der Waals surface area contributed by atoms with E-state index in [0.717, 1.165) is 0 Å². The molecule has 0 bridgehead atoms. The molecule has 0 aliphatic rings. The van der Waals surface area contributed by atoms with Crippen LogP contribution < -0.4 is 10.6 Å². The van der Waals surface area contributed by atoms with Crippen molar-refractivity contribution in [1.82, 2.24) is 10.6 Å². The van der Waals surface area contributed by atoms with E-state index >= 15 is 0 Å². The number of aliphatic carboxylic acids is 1. The molecule has 20 heavy (non-hydrogen) atoms. The molecule has 7 nitrogen and oxygen atoms in total. The normalized spacial score (nSPS) is 12.1. The van der Waals surface area contributed by atoms with Crippen molar-refractivity contribution < 1.29 is 24.0 Å². The lowest BCUT2D eigenvalue weighted by Crippen LogP contribution is -2.52. The standard InChI is InChI=1S/C13H21N3O4/c1-5-7-14-13(20)10(2)15-11(17)9-16(3,4)8-6-12(18)19/h1,10H,6-9H2,2-4H3,(H2-,14,15,17,18,19,20)/p+1/t10-/m0/s1. The van der Waals surface area contributed by atoms with E-state index < -0.39 is 12.0 Å². The summed E-state index contributed by atoms with van der Waals surface area (Å²) in [6.45, 7) is 2.10. The molecule has 1 atom stereocenters. The van der Waals surface area contributed by atoms with Gasteiger partial charge in [0.25, 0.3) is 5.91 Å². The van der Waals surface area contributed by atoms with Gasteiger partial charge < -0.3 is 20.2 Å². The minimum atomic E-state index is -0.904. The van der Waals surface area contributed by atoms with Gasteiger partial charge in [0.2, 0.25) is 5.91 Å². The highest BCUT2D eigenvalue weighted by molar-refractivity contribution is 5.87. The lowest BCUT2D eigenvalue weighted by Gasteiger charge is -2.28. The number of nitrogens with zero attached hydrogens (tertiary/aromatic N) is 1. The number of nitrogens with one attached hydrogen (secondary N) is 2. The third-order valence-electron chi connectivity index (χ3n) is 2.64. The molecule has 3 N–H and O–H groups in total. The smallest absolute Gasteiger partial charge is 0.309 e. The summed E-state index contributed by atoms with van der Waals surface area (Å²) in [4.78, 5) is 33.8. The summed E-state index contributed by atoms with van der Waals surface area (Å²) in [6.07, 6.45) is 5.00. The fraction of sp³-hybridized carbons (Fsp3) is 0.615. The molecule has 0 aromatic carbocycles. The molecule has 0 heterocycles. The maximum absolute atomic E-state index is 11.8. The number of rotatable bonds is 8. The molecule has 0 fully saturated rings. The van der Waals surface area contributed by atoms with E-state index in [0.29, 0.717) is 6.54 Å². The molecular weight excluding hydrogens is 262 g/mol. The van der Waals surface area contributed by atoms with Crippen molar-refractivity contribution in [3.63, 3.8) is 0 Å². The van der Waals surface area contributed by atoms with Gasteiger partial charge in [-0.1, -0.05) is 5.92 Å². The van der Waals surface area contributed by atoms with Crippen LogP contribution in [0.5, 0.6) is 0 Å². The zero-order valence-corrected chi connectivity index (χ0v) is 12.1. The molecule has 2 amide bonds. The minimum Gasteiger partial charge on any atom is -0.481 e. The summed E-state index contributed by atoms with van der Waals surface area (Å²) in [5, 5.41) is 13.6. The van der Waals surface area contributed by atoms with Gasteiger partial charge in [-0.05, 0) is 6.92 Å². The van der Waals surface area contributed by atoms with Crippen LogP contribution in [0.3, 0.4) is 0 Å². The Morgan fingerprint density at radius 3 is 2.45 bits per heavy atom. The van der Waals surface area contributed by atoms with Crippen LogP contribution in [0.4, 0.5) is 0 Å². The zero-order chi connectivity index (χ0) is 15.8. The number of hydrogen-bond acceptors (Lipinski definition) is 3. The quantitative estimate of drug-likeness (QED) is 0.385. The van der Waals surface area contributed by atoms with E-state index in [1.54, 1.807) is 21.0 Å². The molecule has 0 aliphatic heterocycles. The molecular formula is C13H22N3O4+. The van der Waals surface area contributed by atoms with Crippen molar-refractivity contribution in [1.29, 1.82) is 0 Å². The van der Waals surface area contributed by atoms with Crippen molar-refractivity contribution in [2.45, 2.75) is 19.4 Å². The first-order chi connectivity index (χ1) is 9.18. The van der Waals surface area contributed by atoms with E-state index in [9.17, 15) is 14.4 Å². The Hall–Kier alpha value is -2.07. The van der Waals surface area contributed by atoms with Crippen LogP contribution in [0.2, 0.25) is 0 Å². The van der Waals surface area contributed by atoms with Crippen LogP contribution in [0.15, 0.2) is 0 Å². The molecule has 7 heteroatoms. The number of carboxylic acids is 1. The molecule has 0 unspecified atom stereocenters. The predicted octanol–water partition coefficient (Wildman–Crippen LogP) is -1.21. The average Bonchev–Trinajstić information content (AvgIpc) is 2.32. The third-order valence-corrected chi connectivity index (χ3v) is 2.64. The first-order valence-corrected chi connectivity index (χ1v) is 6.22. The molecule has 0 aliphatic carbocycles. The van der Waals surface area contributed by atoms with E-state index in [-0.39, 0.29) is 35.8 Å². The summed E-state index contributed by atoms with van der Waals surface area (Å²) in [6, 6.07) is -0.685. The van der Waals surface area contributed by atoms with Crippen LogP contribution in [0.1, 0.15) is 13.3 Å². The van der Waals surface area contributed by atoms with Crippen LogP contribution in [0, 0.1) is 12.3 Å². The van der Waals surface area contributed by atoms with Gasteiger partial charge in [-0.2, -0.15) is 0 Å². The molecule has 0 aromatic rings. The van der Waals surface area contributed by atoms with Gasteiger partial charge >= 0.3 is 5.97 Å². The molecule has 0 radical (unpaired) electrons. The highest BCUT2D eigenvalue weighted by atomic mass is 16.4. The van der Waals surface area contributed by atoms with Crippen molar-refractivity contribution in [2.24, 2.45) is 0 Å². The Balaban J connectivity index is 4.24. The van der Waals surface area contributed by atoms with Crippen molar-refractivity contribution in [2.75, 3.05) is 33.7 Å². The van der Waals surface area contributed by atoms with E-state index in [1.165, 1.54) is 0 Å². The number of terminal acetylenes is 1. The van der Waals surface area contributed by atoms with Crippen LogP contribution >= 0.6 is 0 Å². The van der Waals surface area contributed by atoms with Crippen LogP contribution in [-0.4, -0.2) is 67.1 Å². The molecule has 0 aromatic heterocycles.